The minimum atomic E-state index is 0.325. The van der Waals surface area contributed by atoms with Gasteiger partial charge in [0.15, 0.2) is 0 Å². The number of piperidine rings is 1. The van der Waals surface area contributed by atoms with E-state index in [-0.39, 0.29) is 0 Å². The zero-order chi connectivity index (χ0) is 12.1. The van der Waals surface area contributed by atoms with Crippen LogP contribution in [0, 0.1) is 0 Å². The first kappa shape index (κ1) is 13.3. The minimum Gasteiger partial charge on any atom is -0.381 e. The second-order valence-electron chi connectivity index (χ2n) is 6.02. The van der Waals surface area contributed by atoms with Gasteiger partial charge in [-0.05, 0) is 59.2 Å². The van der Waals surface area contributed by atoms with Gasteiger partial charge in [0.1, 0.15) is 0 Å². The molecule has 2 aliphatic heterocycles. The summed E-state index contributed by atoms with van der Waals surface area (Å²) in [4.78, 5) is 2.54. The van der Waals surface area contributed by atoms with Gasteiger partial charge in [0.2, 0.25) is 0 Å². The molecule has 0 radical (unpaired) electrons. The molecule has 100 valence electrons. The summed E-state index contributed by atoms with van der Waals surface area (Å²) in [6.07, 6.45) is 7.81. The average Bonchev–Trinajstić information content (AvgIpc) is 2.32. The van der Waals surface area contributed by atoms with E-state index in [2.05, 4.69) is 24.2 Å². The zero-order valence-electron chi connectivity index (χ0n) is 11.5. The van der Waals surface area contributed by atoms with Gasteiger partial charge in [0.25, 0.3) is 0 Å². The summed E-state index contributed by atoms with van der Waals surface area (Å²) in [7, 11) is 2.28. The van der Waals surface area contributed by atoms with Crippen LogP contribution in [-0.4, -0.2) is 49.8 Å². The summed E-state index contributed by atoms with van der Waals surface area (Å²) in [5.41, 5.74) is 0.325. The summed E-state index contributed by atoms with van der Waals surface area (Å²) in [5.74, 6) is 0. The molecule has 1 atom stereocenters. The molecule has 2 fully saturated rings. The lowest BCUT2D eigenvalue weighted by Crippen LogP contribution is -2.48. The van der Waals surface area contributed by atoms with Crippen molar-refractivity contribution < 1.29 is 4.74 Å². The highest BCUT2D eigenvalue weighted by Crippen LogP contribution is 2.21. The second-order valence-corrected chi connectivity index (χ2v) is 6.02. The van der Waals surface area contributed by atoms with E-state index < -0.39 is 0 Å². The molecule has 0 aromatic heterocycles. The summed E-state index contributed by atoms with van der Waals surface area (Å²) in [6.45, 7) is 6.64. The first-order chi connectivity index (χ1) is 8.20. The molecule has 0 aromatic carbocycles. The normalized spacial score (nSPS) is 30.4. The number of hydrogen-bond donors (Lipinski definition) is 1. The molecule has 3 heteroatoms. The Bertz CT molecular complexity index is 226. The topological polar surface area (TPSA) is 24.5 Å². The molecule has 2 saturated heterocycles. The summed E-state index contributed by atoms with van der Waals surface area (Å²) >= 11 is 0. The van der Waals surface area contributed by atoms with Gasteiger partial charge >= 0.3 is 0 Å². The lowest BCUT2D eigenvalue weighted by atomic mass is 9.92. The Morgan fingerprint density at radius 2 is 2.06 bits per heavy atom. The fourth-order valence-electron chi connectivity index (χ4n) is 3.05. The molecular weight excluding hydrogens is 212 g/mol. The van der Waals surface area contributed by atoms with Crippen molar-refractivity contribution in [3.05, 3.63) is 0 Å². The highest BCUT2D eigenvalue weighted by Gasteiger charge is 2.27. The van der Waals surface area contributed by atoms with Crippen LogP contribution in [0.5, 0.6) is 0 Å². The van der Waals surface area contributed by atoms with Gasteiger partial charge in [-0.25, -0.2) is 0 Å². The van der Waals surface area contributed by atoms with Crippen LogP contribution in [0.25, 0.3) is 0 Å². The molecule has 1 N–H and O–H groups in total. The standard InChI is InChI=1S/C14H28N2O/c1-14(7-11-17-12-8-14)15-9-6-13-5-3-4-10-16(13)2/h13,15H,3-12H2,1-2H3. The van der Waals surface area contributed by atoms with E-state index in [1.165, 1.54) is 32.2 Å². The number of nitrogens with zero attached hydrogens (tertiary/aromatic N) is 1. The average molecular weight is 240 g/mol. The van der Waals surface area contributed by atoms with Crippen LogP contribution >= 0.6 is 0 Å². The van der Waals surface area contributed by atoms with Gasteiger partial charge in [0.05, 0.1) is 0 Å². The van der Waals surface area contributed by atoms with Gasteiger partial charge in [-0.15, -0.1) is 0 Å². The number of likely N-dealkylation sites (tertiary alicyclic amines) is 1. The van der Waals surface area contributed by atoms with Crippen LogP contribution in [0.15, 0.2) is 0 Å². The van der Waals surface area contributed by atoms with Gasteiger partial charge in [-0.2, -0.15) is 0 Å². The predicted molar refractivity (Wildman–Crippen MR) is 71.3 cm³/mol. The van der Waals surface area contributed by atoms with Gasteiger partial charge < -0.3 is 15.0 Å². The Morgan fingerprint density at radius 1 is 1.29 bits per heavy atom. The minimum absolute atomic E-state index is 0.325. The van der Waals surface area contributed by atoms with E-state index in [0.717, 1.165) is 38.6 Å². The van der Waals surface area contributed by atoms with Crippen LogP contribution in [0.1, 0.15) is 45.4 Å². The molecular formula is C14H28N2O. The van der Waals surface area contributed by atoms with E-state index in [9.17, 15) is 0 Å². The number of ether oxygens (including phenoxy) is 1. The van der Waals surface area contributed by atoms with Gasteiger partial charge in [-0.3, -0.25) is 0 Å². The van der Waals surface area contributed by atoms with E-state index in [4.69, 9.17) is 4.74 Å². The Balaban J connectivity index is 1.67. The van der Waals surface area contributed by atoms with Crippen LogP contribution in [0.3, 0.4) is 0 Å². The van der Waals surface area contributed by atoms with Crippen molar-refractivity contribution in [1.82, 2.24) is 10.2 Å². The van der Waals surface area contributed by atoms with E-state index >= 15 is 0 Å². The Morgan fingerprint density at radius 3 is 2.76 bits per heavy atom. The molecule has 0 aromatic rings. The molecule has 2 rings (SSSR count). The summed E-state index contributed by atoms with van der Waals surface area (Å²) in [5, 5.41) is 3.76. The van der Waals surface area contributed by atoms with Crippen LogP contribution in [0.4, 0.5) is 0 Å². The largest absolute Gasteiger partial charge is 0.381 e. The number of hydrogen-bond acceptors (Lipinski definition) is 3. The first-order valence-electron chi connectivity index (χ1n) is 7.23. The lowest BCUT2D eigenvalue weighted by Gasteiger charge is -2.37. The summed E-state index contributed by atoms with van der Waals surface area (Å²) < 4.78 is 5.43. The Labute approximate surface area is 106 Å². The van der Waals surface area contributed by atoms with Crippen LogP contribution in [0.2, 0.25) is 0 Å². The maximum atomic E-state index is 5.43. The van der Waals surface area contributed by atoms with E-state index in [1.54, 1.807) is 0 Å². The van der Waals surface area contributed by atoms with Crippen molar-refractivity contribution in [3.63, 3.8) is 0 Å². The molecule has 0 aliphatic carbocycles. The maximum Gasteiger partial charge on any atom is 0.0483 e. The third-order valence-electron chi connectivity index (χ3n) is 4.55. The third-order valence-corrected chi connectivity index (χ3v) is 4.55. The van der Waals surface area contributed by atoms with E-state index in [0.29, 0.717) is 5.54 Å². The fourth-order valence-corrected chi connectivity index (χ4v) is 3.05. The monoisotopic (exact) mass is 240 g/mol. The smallest absolute Gasteiger partial charge is 0.0483 e. The molecule has 0 amide bonds. The van der Waals surface area contributed by atoms with Crippen LogP contribution < -0.4 is 5.32 Å². The zero-order valence-corrected chi connectivity index (χ0v) is 11.5. The first-order valence-corrected chi connectivity index (χ1v) is 7.23. The van der Waals surface area contributed by atoms with Crippen molar-refractivity contribution in [2.45, 2.75) is 57.0 Å². The van der Waals surface area contributed by atoms with Crippen molar-refractivity contribution in [1.29, 1.82) is 0 Å². The molecule has 0 saturated carbocycles. The number of rotatable bonds is 4. The Kier molecular flexibility index (Phi) is 4.83. The molecule has 0 spiro atoms. The highest BCUT2D eigenvalue weighted by molar-refractivity contribution is 4.86. The quantitative estimate of drug-likeness (QED) is 0.813. The molecule has 0 bridgehead atoms. The van der Waals surface area contributed by atoms with Crippen molar-refractivity contribution in [2.24, 2.45) is 0 Å². The van der Waals surface area contributed by atoms with Gasteiger partial charge in [-0.1, -0.05) is 6.42 Å². The fraction of sp³-hybridized carbons (Fsp3) is 1.00. The molecule has 17 heavy (non-hydrogen) atoms. The number of nitrogens with one attached hydrogen (secondary N) is 1. The molecule has 2 heterocycles. The van der Waals surface area contributed by atoms with Crippen LogP contribution in [-0.2, 0) is 4.74 Å². The maximum absolute atomic E-state index is 5.43. The summed E-state index contributed by atoms with van der Waals surface area (Å²) in [6, 6.07) is 0.805. The van der Waals surface area contributed by atoms with Crippen molar-refractivity contribution in [3.8, 4) is 0 Å². The second kappa shape index (κ2) is 6.17. The van der Waals surface area contributed by atoms with Crippen molar-refractivity contribution in [2.75, 3.05) is 33.4 Å². The Hall–Kier alpha value is -0.120. The molecule has 1 unspecified atom stereocenters. The van der Waals surface area contributed by atoms with Crippen molar-refractivity contribution >= 4 is 0 Å². The molecule has 2 aliphatic rings. The lowest BCUT2D eigenvalue weighted by molar-refractivity contribution is 0.0440. The van der Waals surface area contributed by atoms with E-state index in [1.807, 2.05) is 0 Å². The predicted octanol–water partition coefficient (Wildman–Crippen LogP) is 2.02. The molecule has 3 nitrogen and oxygen atoms in total. The third kappa shape index (κ3) is 3.94. The van der Waals surface area contributed by atoms with Gasteiger partial charge in [0, 0.05) is 24.8 Å². The SMILES string of the molecule is CN1CCCCC1CCNC1(C)CCOCC1. The highest BCUT2D eigenvalue weighted by atomic mass is 16.5.